The van der Waals surface area contributed by atoms with Crippen LogP contribution >= 0.6 is 0 Å². The van der Waals surface area contributed by atoms with Gasteiger partial charge in [0.1, 0.15) is 17.3 Å². The third kappa shape index (κ3) is 5.36. The van der Waals surface area contributed by atoms with E-state index in [9.17, 15) is 30.0 Å². The number of aliphatic hydroxyl groups is 4. The first-order valence-corrected chi connectivity index (χ1v) is 15.8. The molecule has 4 aliphatic rings. The Balaban J connectivity index is 1.37. The summed E-state index contributed by atoms with van der Waals surface area (Å²) in [6.07, 6.45) is 15.5. The van der Waals surface area contributed by atoms with Gasteiger partial charge >= 0.3 is 5.97 Å². The Bertz CT molecular complexity index is 1010. The molecule has 2 fully saturated rings. The van der Waals surface area contributed by atoms with Crippen LogP contribution in [0.25, 0.3) is 0 Å². The van der Waals surface area contributed by atoms with E-state index in [0.29, 0.717) is 11.1 Å². The molecule has 4 rings (SSSR count). The Kier molecular flexibility index (Phi) is 9.41. The summed E-state index contributed by atoms with van der Waals surface area (Å²) in [7, 11) is 0. The van der Waals surface area contributed by atoms with E-state index in [0.717, 1.165) is 19.3 Å². The molecular weight excluding hydrogens is 508 g/mol. The molecule has 0 saturated heterocycles. The molecule has 4 aliphatic carbocycles. The van der Waals surface area contributed by atoms with Gasteiger partial charge in [-0.15, -0.1) is 0 Å². The van der Waals surface area contributed by atoms with Crippen LogP contribution in [0.3, 0.4) is 0 Å². The summed E-state index contributed by atoms with van der Waals surface area (Å²) < 4.78 is 5.91. The van der Waals surface area contributed by atoms with E-state index >= 15 is 0 Å². The van der Waals surface area contributed by atoms with Gasteiger partial charge in [-0.05, 0) is 24.5 Å². The van der Waals surface area contributed by atoms with Crippen LogP contribution in [-0.4, -0.2) is 61.7 Å². The number of aliphatic hydroxyl groups excluding tert-OH is 1. The van der Waals surface area contributed by atoms with Crippen LogP contribution in [0.1, 0.15) is 118 Å². The Morgan fingerprint density at radius 3 is 2.10 bits per heavy atom. The first kappa shape index (κ1) is 31.4. The average Bonchev–Trinajstić information content (AvgIpc) is 3.30. The minimum Gasteiger partial charge on any atom is -0.459 e. The van der Waals surface area contributed by atoms with E-state index < -0.39 is 51.9 Å². The second-order valence-electron chi connectivity index (χ2n) is 13.8. The van der Waals surface area contributed by atoms with E-state index in [1.54, 1.807) is 19.1 Å². The van der Waals surface area contributed by atoms with E-state index in [1.807, 2.05) is 13.8 Å². The summed E-state index contributed by atoms with van der Waals surface area (Å²) in [5, 5.41) is 45.7. The third-order valence-corrected chi connectivity index (χ3v) is 10.7. The van der Waals surface area contributed by atoms with Gasteiger partial charge in [0.2, 0.25) is 0 Å². The number of fused-ring (bicyclic) bond motifs is 5. The molecule has 7 atom stereocenters. The largest absolute Gasteiger partial charge is 0.459 e. The van der Waals surface area contributed by atoms with Crippen LogP contribution < -0.4 is 0 Å². The van der Waals surface area contributed by atoms with Crippen LogP contribution in [0.15, 0.2) is 23.3 Å². The number of unbranched alkanes of at least 4 members (excludes halogenated alkanes) is 10. The highest BCUT2D eigenvalue weighted by molar-refractivity contribution is 6.04. The van der Waals surface area contributed by atoms with Crippen molar-refractivity contribution in [2.45, 2.75) is 140 Å². The fourth-order valence-electron chi connectivity index (χ4n) is 8.35. The first-order chi connectivity index (χ1) is 18.9. The van der Waals surface area contributed by atoms with Gasteiger partial charge in [-0.2, -0.15) is 0 Å². The van der Waals surface area contributed by atoms with Crippen molar-refractivity contribution in [3.8, 4) is 0 Å². The Morgan fingerprint density at radius 1 is 0.950 bits per heavy atom. The lowest BCUT2D eigenvalue weighted by atomic mass is 9.63. The van der Waals surface area contributed by atoms with Gasteiger partial charge in [0.15, 0.2) is 5.78 Å². The fourth-order valence-corrected chi connectivity index (χ4v) is 8.35. The lowest BCUT2D eigenvalue weighted by molar-refractivity contribution is -0.195. The van der Waals surface area contributed by atoms with E-state index in [2.05, 4.69) is 6.92 Å². The lowest BCUT2D eigenvalue weighted by Crippen LogP contribution is -2.61. The van der Waals surface area contributed by atoms with Gasteiger partial charge in [0.25, 0.3) is 0 Å². The quantitative estimate of drug-likeness (QED) is 0.135. The molecule has 0 radical (unpaired) electrons. The summed E-state index contributed by atoms with van der Waals surface area (Å²) in [6.45, 7) is 7.31. The number of hydrogen-bond acceptors (Lipinski definition) is 7. The second-order valence-corrected chi connectivity index (χ2v) is 13.8. The number of Topliss-reactive ketones (excluding diaryl/α,β-unsaturated/α-hetero) is 1. The second kappa shape index (κ2) is 12.0. The number of rotatable bonds is 14. The molecular formula is C33H52O7. The molecule has 0 aromatic rings. The van der Waals surface area contributed by atoms with Crippen LogP contribution in [0, 0.1) is 23.2 Å². The highest BCUT2D eigenvalue weighted by Gasteiger charge is 2.83. The van der Waals surface area contributed by atoms with E-state index in [1.165, 1.54) is 51.4 Å². The Morgan fingerprint density at radius 2 is 1.52 bits per heavy atom. The highest BCUT2D eigenvalue weighted by atomic mass is 16.6. The molecule has 0 aromatic carbocycles. The third-order valence-electron chi connectivity index (χ3n) is 10.7. The van der Waals surface area contributed by atoms with Gasteiger partial charge < -0.3 is 25.2 Å². The van der Waals surface area contributed by atoms with Crippen LogP contribution in [0.5, 0.6) is 0 Å². The maximum absolute atomic E-state index is 13.0. The number of ketones is 1. The lowest BCUT2D eigenvalue weighted by Gasteiger charge is -2.48. The van der Waals surface area contributed by atoms with Crippen molar-refractivity contribution in [1.29, 1.82) is 0 Å². The van der Waals surface area contributed by atoms with Crippen molar-refractivity contribution in [3.63, 3.8) is 0 Å². The number of ether oxygens (including phenoxy) is 1. The van der Waals surface area contributed by atoms with Crippen LogP contribution in [0.4, 0.5) is 0 Å². The summed E-state index contributed by atoms with van der Waals surface area (Å²) in [4.78, 5) is 26.0. The highest BCUT2D eigenvalue weighted by Crippen LogP contribution is 2.74. The van der Waals surface area contributed by atoms with Crippen molar-refractivity contribution in [2.24, 2.45) is 23.2 Å². The molecule has 0 heterocycles. The normalized spacial score (nSPS) is 37.5. The average molecular weight is 561 g/mol. The van der Waals surface area contributed by atoms with Gasteiger partial charge in [0.05, 0.1) is 12.2 Å². The van der Waals surface area contributed by atoms with Gasteiger partial charge in [-0.3, -0.25) is 9.59 Å². The smallest absolute Gasteiger partial charge is 0.306 e. The Labute approximate surface area is 240 Å². The standard InChI is InChI=1S/C33H52O7/c1-5-6-7-8-9-10-11-12-13-14-15-16-27(35)40-26-20-31(37)24(28-30(3,4)33(26,28)39)18-23(21-34)19-32(38)25(31)17-22(2)29(32)36/h17-18,24-26,28,34,37-39H,5-16,19-21H2,1-4H3/t24-,25-,26+,28?,31+,32+,33-/m0/s1. The molecule has 2 saturated carbocycles. The van der Waals surface area contributed by atoms with Crippen LogP contribution in [0.2, 0.25) is 0 Å². The number of hydrogen-bond donors (Lipinski definition) is 4. The zero-order valence-corrected chi connectivity index (χ0v) is 25.1. The molecule has 7 nitrogen and oxygen atoms in total. The predicted molar refractivity (Wildman–Crippen MR) is 153 cm³/mol. The molecule has 0 aliphatic heterocycles. The molecule has 0 spiro atoms. The molecule has 0 bridgehead atoms. The van der Waals surface area contributed by atoms with Crippen molar-refractivity contribution >= 4 is 11.8 Å². The minimum absolute atomic E-state index is 0.0749. The zero-order chi connectivity index (χ0) is 29.3. The van der Waals surface area contributed by atoms with Gasteiger partial charge in [0, 0.05) is 42.4 Å². The SMILES string of the molecule is CCCCCCCCCCCCCC(=O)O[C@@H]1C[C@@]2(O)[C@@H](C=C(CO)C[C@]3(O)C(=O)C(C)=C[C@@H]23)C2C(C)(C)[C@@]21O. The van der Waals surface area contributed by atoms with Crippen LogP contribution in [-0.2, 0) is 14.3 Å². The Hall–Kier alpha value is -1.54. The van der Waals surface area contributed by atoms with Crippen molar-refractivity contribution in [3.05, 3.63) is 23.3 Å². The molecule has 40 heavy (non-hydrogen) atoms. The number of carbonyl (C=O) groups excluding carboxylic acids is 2. The van der Waals surface area contributed by atoms with Gasteiger partial charge in [-0.25, -0.2) is 0 Å². The number of carbonyl (C=O) groups is 2. The predicted octanol–water partition coefficient (Wildman–Crippen LogP) is 4.94. The monoisotopic (exact) mass is 560 g/mol. The maximum atomic E-state index is 13.0. The molecule has 4 N–H and O–H groups in total. The topological polar surface area (TPSA) is 124 Å². The summed E-state index contributed by atoms with van der Waals surface area (Å²) in [5.41, 5.74) is -4.64. The molecule has 226 valence electrons. The number of esters is 1. The first-order valence-electron chi connectivity index (χ1n) is 15.8. The minimum atomic E-state index is -1.87. The fraction of sp³-hybridized carbons (Fsp3) is 0.818. The van der Waals surface area contributed by atoms with E-state index in [-0.39, 0.29) is 31.8 Å². The molecule has 7 heteroatoms. The summed E-state index contributed by atoms with van der Waals surface area (Å²) in [6, 6.07) is 0. The van der Waals surface area contributed by atoms with Gasteiger partial charge in [-0.1, -0.05) is 97.1 Å². The molecule has 0 amide bonds. The van der Waals surface area contributed by atoms with Crippen molar-refractivity contribution in [2.75, 3.05) is 6.61 Å². The molecule has 1 unspecified atom stereocenters. The zero-order valence-electron chi connectivity index (χ0n) is 25.1. The summed E-state index contributed by atoms with van der Waals surface area (Å²) in [5.74, 6) is -2.82. The molecule has 0 aromatic heterocycles. The van der Waals surface area contributed by atoms with E-state index in [4.69, 9.17) is 4.74 Å². The van der Waals surface area contributed by atoms with Crippen molar-refractivity contribution < 1.29 is 34.8 Å². The van der Waals surface area contributed by atoms with Crippen molar-refractivity contribution in [1.82, 2.24) is 0 Å². The maximum Gasteiger partial charge on any atom is 0.306 e. The summed E-state index contributed by atoms with van der Waals surface area (Å²) >= 11 is 0.